The number of carbonyl (C=O) groups is 2. The van der Waals surface area contributed by atoms with E-state index in [-0.39, 0.29) is 29.9 Å². The lowest BCUT2D eigenvalue weighted by Crippen LogP contribution is -2.39. The van der Waals surface area contributed by atoms with E-state index in [0.29, 0.717) is 11.1 Å². The number of esters is 1. The number of aryl methyl sites for hydroxylation is 3. The second-order valence-corrected chi connectivity index (χ2v) is 10.6. The number of nitrogens with zero attached hydrogens (tertiary/aromatic N) is 2. The van der Waals surface area contributed by atoms with Gasteiger partial charge in [0.1, 0.15) is 0 Å². The third-order valence-electron chi connectivity index (χ3n) is 5.91. The first-order chi connectivity index (χ1) is 16.9. The fourth-order valence-corrected chi connectivity index (χ4v) is 5.06. The van der Waals surface area contributed by atoms with Gasteiger partial charge in [0.2, 0.25) is 5.91 Å². The lowest BCUT2D eigenvalue weighted by molar-refractivity contribution is -0.143. The van der Waals surface area contributed by atoms with Crippen LogP contribution in [0.2, 0.25) is 0 Å². The van der Waals surface area contributed by atoms with Crippen LogP contribution in [0.1, 0.15) is 36.9 Å². The Kier molecular flexibility index (Phi) is 8.13. The van der Waals surface area contributed by atoms with Crippen LogP contribution in [-0.2, 0) is 38.3 Å². The molecule has 1 unspecified atom stereocenters. The van der Waals surface area contributed by atoms with Crippen LogP contribution in [0.15, 0.2) is 56.9 Å². The zero-order chi connectivity index (χ0) is 26.6. The SMILES string of the molecule is CCOC(=O)CC(NC(=O)CCS(=O)(=O)c1ccc2c(c1)n(C)c(=O)c(=O)n2C)c1ccc(C)cc1. The normalized spacial score (nSPS) is 12.3. The molecule has 3 rings (SSSR count). The summed E-state index contributed by atoms with van der Waals surface area (Å²) in [5.41, 5.74) is 0.899. The van der Waals surface area contributed by atoms with Gasteiger partial charge in [-0.1, -0.05) is 29.8 Å². The maximum absolute atomic E-state index is 13.0. The van der Waals surface area contributed by atoms with Gasteiger partial charge in [-0.15, -0.1) is 0 Å². The number of sulfone groups is 1. The Bertz CT molecular complexity index is 1520. The summed E-state index contributed by atoms with van der Waals surface area (Å²) >= 11 is 0. The van der Waals surface area contributed by atoms with Crippen molar-refractivity contribution < 1.29 is 22.7 Å². The minimum Gasteiger partial charge on any atom is -0.466 e. The molecule has 0 saturated heterocycles. The van der Waals surface area contributed by atoms with Gasteiger partial charge in [-0.05, 0) is 37.6 Å². The van der Waals surface area contributed by atoms with Crippen molar-refractivity contribution in [1.29, 1.82) is 0 Å². The minimum atomic E-state index is -3.89. The number of aromatic nitrogens is 2. The van der Waals surface area contributed by atoms with Crippen molar-refractivity contribution in [2.24, 2.45) is 14.1 Å². The van der Waals surface area contributed by atoms with E-state index in [1.165, 1.54) is 32.3 Å². The molecule has 1 amide bonds. The van der Waals surface area contributed by atoms with Gasteiger partial charge in [-0.25, -0.2) is 8.42 Å². The largest absolute Gasteiger partial charge is 0.466 e. The molecule has 1 atom stereocenters. The zero-order valence-electron chi connectivity index (χ0n) is 20.6. The first kappa shape index (κ1) is 26.9. The molecule has 1 N–H and O–H groups in total. The molecule has 0 aliphatic heterocycles. The summed E-state index contributed by atoms with van der Waals surface area (Å²) in [4.78, 5) is 48.8. The Morgan fingerprint density at radius 2 is 1.58 bits per heavy atom. The number of hydrogen-bond donors (Lipinski definition) is 1. The number of rotatable bonds is 9. The van der Waals surface area contributed by atoms with Gasteiger partial charge in [0.05, 0.1) is 40.8 Å². The summed E-state index contributed by atoms with van der Waals surface area (Å²) in [6, 6.07) is 10.7. The van der Waals surface area contributed by atoms with E-state index in [1.54, 1.807) is 19.1 Å². The van der Waals surface area contributed by atoms with E-state index < -0.39 is 44.6 Å². The van der Waals surface area contributed by atoms with Gasteiger partial charge in [-0.2, -0.15) is 0 Å². The molecular formula is C25H29N3O7S. The highest BCUT2D eigenvalue weighted by molar-refractivity contribution is 7.91. The van der Waals surface area contributed by atoms with Crippen LogP contribution >= 0.6 is 0 Å². The molecular weight excluding hydrogens is 486 g/mol. The Morgan fingerprint density at radius 1 is 0.972 bits per heavy atom. The Labute approximate surface area is 208 Å². The van der Waals surface area contributed by atoms with Gasteiger partial charge in [0, 0.05) is 20.5 Å². The Balaban J connectivity index is 1.78. The van der Waals surface area contributed by atoms with Gasteiger partial charge in [-0.3, -0.25) is 19.2 Å². The molecule has 0 radical (unpaired) electrons. The summed E-state index contributed by atoms with van der Waals surface area (Å²) in [6.45, 7) is 3.81. The molecule has 2 aromatic carbocycles. The van der Waals surface area contributed by atoms with Crippen molar-refractivity contribution in [3.8, 4) is 0 Å². The lowest BCUT2D eigenvalue weighted by Gasteiger charge is -2.19. The number of hydrogen-bond acceptors (Lipinski definition) is 7. The van der Waals surface area contributed by atoms with E-state index in [2.05, 4.69) is 5.32 Å². The number of ether oxygens (including phenoxy) is 1. The van der Waals surface area contributed by atoms with Gasteiger partial charge >= 0.3 is 17.1 Å². The monoisotopic (exact) mass is 515 g/mol. The molecule has 0 bridgehead atoms. The number of carbonyl (C=O) groups excluding carboxylic acids is 2. The molecule has 10 nitrogen and oxygen atoms in total. The highest BCUT2D eigenvalue weighted by Crippen LogP contribution is 2.21. The lowest BCUT2D eigenvalue weighted by atomic mass is 10.0. The molecule has 11 heteroatoms. The quantitative estimate of drug-likeness (QED) is 0.337. The van der Waals surface area contributed by atoms with Crippen LogP contribution in [0, 0.1) is 6.92 Å². The predicted octanol–water partition coefficient (Wildman–Crippen LogP) is 1.52. The highest BCUT2D eigenvalue weighted by atomic mass is 32.2. The van der Waals surface area contributed by atoms with Crippen molar-refractivity contribution >= 4 is 32.7 Å². The average Bonchev–Trinajstić information content (AvgIpc) is 2.85. The second-order valence-electron chi connectivity index (χ2n) is 8.49. The summed E-state index contributed by atoms with van der Waals surface area (Å²) in [5.74, 6) is -1.50. The maximum atomic E-state index is 13.0. The first-order valence-corrected chi connectivity index (χ1v) is 13.0. The van der Waals surface area contributed by atoms with Crippen molar-refractivity contribution in [2.75, 3.05) is 12.4 Å². The summed E-state index contributed by atoms with van der Waals surface area (Å²) in [6.07, 6.45) is -0.426. The van der Waals surface area contributed by atoms with Gasteiger partial charge < -0.3 is 19.2 Å². The molecule has 0 aliphatic carbocycles. The van der Waals surface area contributed by atoms with Crippen LogP contribution in [0.25, 0.3) is 11.0 Å². The van der Waals surface area contributed by atoms with Crippen LogP contribution in [0.4, 0.5) is 0 Å². The van der Waals surface area contributed by atoms with Crippen LogP contribution in [-0.4, -0.2) is 41.8 Å². The van der Waals surface area contributed by atoms with Gasteiger partial charge in [0.15, 0.2) is 9.84 Å². The van der Waals surface area contributed by atoms with E-state index in [0.717, 1.165) is 14.7 Å². The third-order valence-corrected chi connectivity index (χ3v) is 7.62. The van der Waals surface area contributed by atoms with Crippen molar-refractivity contribution in [1.82, 2.24) is 14.5 Å². The number of benzene rings is 2. The molecule has 36 heavy (non-hydrogen) atoms. The smallest absolute Gasteiger partial charge is 0.316 e. The minimum absolute atomic E-state index is 0.0712. The average molecular weight is 516 g/mol. The Morgan fingerprint density at radius 3 is 2.19 bits per heavy atom. The van der Waals surface area contributed by atoms with E-state index in [4.69, 9.17) is 4.74 Å². The molecule has 3 aromatic rings. The topological polar surface area (TPSA) is 134 Å². The third kappa shape index (κ3) is 5.91. The van der Waals surface area contributed by atoms with E-state index >= 15 is 0 Å². The van der Waals surface area contributed by atoms with E-state index in [9.17, 15) is 27.6 Å². The molecule has 1 heterocycles. The number of amides is 1. The first-order valence-electron chi connectivity index (χ1n) is 11.4. The molecule has 0 spiro atoms. The second kappa shape index (κ2) is 10.9. The maximum Gasteiger partial charge on any atom is 0.316 e. The standard InChI is InChI=1S/C25H29N3O7S/c1-5-35-23(30)15-19(17-8-6-16(2)7-9-17)26-22(29)12-13-36(33,34)18-10-11-20-21(14-18)28(4)25(32)24(31)27(20)3/h6-11,14,19H,5,12-13,15H2,1-4H3,(H,26,29). The fraction of sp³-hybridized carbons (Fsp3) is 0.360. The summed E-state index contributed by atoms with van der Waals surface area (Å²) in [7, 11) is -1.06. The van der Waals surface area contributed by atoms with Crippen LogP contribution in [0.5, 0.6) is 0 Å². The molecule has 0 aliphatic rings. The van der Waals surface area contributed by atoms with Crippen molar-refractivity contribution in [2.45, 2.75) is 37.6 Å². The highest BCUT2D eigenvalue weighted by Gasteiger charge is 2.22. The fourth-order valence-electron chi connectivity index (χ4n) is 3.80. The molecule has 192 valence electrons. The van der Waals surface area contributed by atoms with E-state index in [1.807, 2.05) is 19.1 Å². The van der Waals surface area contributed by atoms with Crippen LogP contribution < -0.4 is 16.4 Å². The van der Waals surface area contributed by atoms with Crippen molar-refractivity contribution in [3.05, 3.63) is 74.3 Å². The van der Waals surface area contributed by atoms with Gasteiger partial charge in [0.25, 0.3) is 0 Å². The predicted molar refractivity (Wildman–Crippen MR) is 134 cm³/mol. The summed E-state index contributed by atoms with van der Waals surface area (Å²) < 4.78 is 33.2. The molecule has 0 saturated carbocycles. The van der Waals surface area contributed by atoms with Crippen LogP contribution in [0.3, 0.4) is 0 Å². The number of nitrogens with one attached hydrogen (secondary N) is 1. The van der Waals surface area contributed by atoms with Crippen molar-refractivity contribution in [3.63, 3.8) is 0 Å². The Hall–Kier alpha value is -3.73. The molecule has 1 aromatic heterocycles. The zero-order valence-corrected chi connectivity index (χ0v) is 21.4. The number of fused-ring (bicyclic) bond motifs is 1. The molecule has 0 fully saturated rings. The summed E-state index contributed by atoms with van der Waals surface area (Å²) in [5, 5.41) is 2.74.